The molecule has 1 saturated heterocycles. The van der Waals surface area contributed by atoms with Crippen molar-refractivity contribution in [1.29, 1.82) is 0 Å². The lowest BCUT2D eigenvalue weighted by molar-refractivity contribution is -0.137. The van der Waals surface area contributed by atoms with Crippen molar-refractivity contribution in [2.45, 2.75) is 43.3 Å². The number of alkyl halides is 3. The Hall–Kier alpha value is -2.87. The Morgan fingerprint density at radius 3 is 2.65 bits per heavy atom. The zero-order valence-corrected chi connectivity index (χ0v) is 18.0. The number of anilines is 2. The minimum absolute atomic E-state index is 0.0924. The van der Waals surface area contributed by atoms with Crippen LogP contribution in [0.3, 0.4) is 0 Å². The molecule has 4 heterocycles. The first-order chi connectivity index (χ1) is 16.3. The molecular weight excluding hydrogens is 455 g/mol. The molecule has 0 aromatic carbocycles. The third-order valence-electron chi connectivity index (χ3n) is 6.65. The number of nitrogens with zero attached hydrogens (tertiary/aromatic N) is 6. The normalized spacial score (nSPS) is 27.5. The van der Waals surface area contributed by atoms with Crippen molar-refractivity contribution in [3.8, 4) is 0 Å². The van der Waals surface area contributed by atoms with Crippen LogP contribution in [0.15, 0.2) is 31.0 Å². The quantitative estimate of drug-likeness (QED) is 0.423. The summed E-state index contributed by atoms with van der Waals surface area (Å²) in [5.41, 5.74) is -0.118. The number of rotatable bonds is 5. The van der Waals surface area contributed by atoms with Gasteiger partial charge in [0.1, 0.15) is 18.2 Å². The molecule has 13 heteroatoms. The number of pyridine rings is 1. The van der Waals surface area contributed by atoms with Gasteiger partial charge in [-0.1, -0.05) is 0 Å². The molecule has 3 aromatic rings. The highest BCUT2D eigenvalue weighted by molar-refractivity contribution is 5.86. The second-order valence-corrected chi connectivity index (χ2v) is 8.67. The summed E-state index contributed by atoms with van der Waals surface area (Å²) in [7, 11) is 0. The molecule has 4 N–H and O–H groups in total. The first-order valence-electron chi connectivity index (χ1n) is 11.0. The molecule has 1 aliphatic heterocycles. The topological polar surface area (TPSA) is 132 Å². The minimum Gasteiger partial charge on any atom is -0.396 e. The third kappa shape index (κ3) is 3.87. The van der Waals surface area contributed by atoms with Crippen LogP contribution in [0.4, 0.5) is 24.8 Å². The Kier molecular flexibility index (Phi) is 5.88. The number of aromatic nitrogens is 5. The second-order valence-electron chi connectivity index (χ2n) is 8.67. The maximum Gasteiger partial charge on any atom is 0.416 e. The SMILES string of the molecule is OC[C@H]1C[C@@H](n2cnc3c(N(c4cc(C(F)(F)F)ccn4)[C@H]4CCNC4)ncnc32)[C@@H](O)[C@H]1O. The van der Waals surface area contributed by atoms with Gasteiger partial charge in [-0.05, 0) is 31.5 Å². The Morgan fingerprint density at radius 2 is 1.97 bits per heavy atom. The van der Waals surface area contributed by atoms with Gasteiger partial charge in [0.05, 0.1) is 30.1 Å². The van der Waals surface area contributed by atoms with Gasteiger partial charge in [0.25, 0.3) is 0 Å². The molecule has 0 amide bonds. The van der Waals surface area contributed by atoms with E-state index in [1.165, 1.54) is 12.7 Å². The standard InChI is InChI=1S/C21H24F3N7O3/c22-21(23,24)12-1-4-26-15(6-12)31(13-2-3-25-7-13)20-16-19(27-9-28-20)30(10-29-16)14-5-11(8-32)17(33)18(14)34/h1,4,6,9-11,13-14,17-18,25,32-34H,2-3,5,7-8H2/t11-,13+,14-,17+,18-/m1/s1. The fourth-order valence-corrected chi connectivity index (χ4v) is 4.87. The molecule has 34 heavy (non-hydrogen) atoms. The highest BCUT2D eigenvalue weighted by atomic mass is 19.4. The molecule has 1 aliphatic carbocycles. The summed E-state index contributed by atoms with van der Waals surface area (Å²) in [4.78, 5) is 19.0. The molecule has 0 unspecified atom stereocenters. The fourth-order valence-electron chi connectivity index (χ4n) is 4.87. The lowest BCUT2D eigenvalue weighted by Crippen LogP contribution is -2.34. The van der Waals surface area contributed by atoms with Crippen LogP contribution in [0.2, 0.25) is 0 Å². The molecule has 0 spiro atoms. The summed E-state index contributed by atoms with van der Waals surface area (Å²) in [6.07, 6.45) is -1.89. The van der Waals surface area contributed by atoms with Crippen LogP contribution in [0.25, 0.3) is 11.2 Å². The third-order valence-corrected chi connectivity index (χ3v) is 6.65. The maximum atomic E-state index is 13.4. The van der Waals surface area contributed by atoms with E-state index in [1.54, 1.807) is 9.47 Å². The van der Waals surface area contributed by atoms with Gasteiger partial charge in [-0.15, -0.1) is 0 Å². The number of hydrogen-bond acceptors (Lipinski definition) is 9. The maximum absolute atomic E-state index is 13.4. The summed E-state index contributed by atoms with van der Waals surface area (Å²) >= 11 is 0. The summed E-state index contributed by atoms with van der Waals surface area (Å²) in [5.74, 6) is -0.0973. The van der Waals surface area contributed by atoms with Crippen LogP contribution in [0.1, 0.15) is 24.4 Å². The molecule has 10 nitrogen and oxygen atoms in total. The average Bonchev–Trinajstić information content (AvgIpc) is 3.55. The Balaban J connectivity index is 1.60. The minimum atomic E-state index is -4.53. The van der Waals surface area contributed by atoms with Gasteiger partial charge in [0.15, 0.2) is 17.0 Å². The van der Waals surface area contributed by atoms with E-state index in [-0.39, 0.29) is 18.5 Å². The summed E-state index contributed by atoms with van der Waals surface area (Å²) in [6.45, 7) is 0.943. The first kappa shape index (κ1) is 22.9. The lowest BCUT2D eigenvalue weighted by Gasteiger charge is -2.29. The van der Waals surface area contributed by atoms with Gasteiger partial charge < -0.3 is 30.1 Å². The number of aliphatic hydroxyl groups is 3. The largest absolute Gasteiger partial charge is 0.416 e. The molecule has 5 atom stereocenters. The Labute approximate surface area is 192 Å². The Morgan fingerprint density at radius 1 is 1.15 bits per heavy atom. The average molecular weight is 479 g/mol. The van der Waals surface area contributed by atoms with E-state index in [2.05, 4.69) is 25.3 Å². The van der Waals surface area contributed by atoms with Crippen molar-refractivity contribution in [3.05, 3.63) is 36.5 Å². The molecule has 1 saturated carbocycles. The van der Waals surface area contributed by atoms with E-state index >= 15 is 0 Å². The molecule has 3 aromatic heterocycles. The van der Waals surface area contributed by atoms with Gasteiger partial charge in [-0.3, -0.25) is 0 Å². The van der Waals surface area contributed by atoms with E-state index < -0.39 is 35.9 Å². The molecule has 182 valence electrons. The van der Waals surface area contributed by atoms with E-state index in [1.807, 2.05) is 0 Å². The van der Waals surface area contributed by atoms with Crippen molar-refractivity contribution >= 4 is 22.8 Å². The number of fused-ring (bicyclic) bond motifs is 1. The number of imidazole rings is 1. The fraction of sp³-hybridized carbons (Fsp3) is 0.524. The first-order valence-corrected chi connectivity index (χ1v) is 11.0. The number of halogens is 3. The van der Waals surface area contributed by atoms with Gasteiger partial charge in [0, 0.05) is 25.3 Å². The van der Waals surface area contributed by atoms with Crippen molar-refractivity contribution in [3.63, 3.8) is 0 Å². The number of aliphatic hydroxyl groups excluding tert-OH is 3. The van der Waals surface area contributed by atoms with Gasteiger partial charge >= 0.3 is 6.18 Å². The summed E-state index contributed by atoms with van der Waals surface area (Å²) in [5, 5.41) is 33.5. The monoisotopic (exact) mass is 479 g/mol. The van der Waals surface area contributed by atoms with Crippen LogP contribution < -0.4 is 10.2 Å². The number of hydrogen-bond donors (Lipinski definition) is 4. The van der Waals surface area contributed by atoms with Crippen molar-refractivity contribution in [2.24, 2.45) is 5.92 Å². The summed E-state index contributed by atoms with van der Waals surface area (Å²) in [6, 6.07) is 1.13. The molecule has 2 aliphatic rings. The molecule has 0 bridgehead atoms. The van der Waals surface area contributed by atoms with E-state index in [4.69, 9.17) is 0 Å². The molecule has 5 rings (SSSR count). The smallest absolute Gasteiger partial charge is 0.396 e. The van der Waals surface area contributed by atoms with Crippen molar-refractivity contribution < 1.29 is 28.5 Å². The van der Waals surface area contributed by atoms with Crippen molar-refractivity contribution in [2.75, 3.05) is 24.6 Å². The number of nitrogens with one attached hydrogen (secondary N) is 1. The predicted molar refractivity (Wildman–Crippen MR) is 114 cm³/mol. The molecule has 0 radical (unpaired) electrons. The van der Waals surface area contributed by atoms with Gasteiger partial charge in [-0.2, -0.15) is 13.2 Å². The zero-order valence-electron chi connectivity index (χ0n) is 18.0. The van der Waals surface area contributed by atoms with E-state index in [9.17, 15) is 28.5 Å². The zero-order chi connectivity index (χ0) is 24.0. The van der Waals surface area contributed by atoms with E-state index in [0.717, 1.165) is 18.3 Å². The second kappa shape index (κ2) is 8.73. The highest BCUT2D eigenvalue weighted by Crippen LogP contribution is 2.39. The lowest BCUT2D eigenvalue weighted by atomic mass is 10.1. The summed E-state index contributed by atoms with van der Waals surface area (Å²) < 4.78 is 41.8. The highest BCUT2D eigenvalue weighted by Gasteiger charge is 2.43. The van der Waals surface area contributed by atoms with Gasteiger partial charge in [-0.25, -0.2) is 19.9 Å². The van der Waals surface area contributed by atoms with Crippen LogP contribution in [0.5, 0.6) is 0 Å². The van der Waals surface area contributed by atoms with Crippen LogP contribution in [-0.4, -0.2) is 77.8 Å². The van der Waals surface area contributed by atoms with Crippen LogP contribution in [0, 0.1) is 5.92 Å². The van der Waals surface area contributed by atoms with Crippen LogP contribution >= 0.6 is 0 Å². The molecular formula is C21H24F3N7O3. The molecule has 2 fully saturated rings. The van der Waals surface area contributed by atoms with Gasteiger partial charge in [0.2, 0.25) is 0 Å². The van der Waals surface area contributed by atoms with Crippen LogP contribution in [-0.2, 0) is 6.18 Å². The Bertz CT molecular complexity index is 1170. The predicted octanol–water partition coefficient (Wildman–Crippen LogP) is 1.02. The van der Waals surface area contributed by atoms with Crippen molar-refractivity contribution in [1.82, 2.24) is 29.8 Å². The van der Waals surface area contributed by atoms with E-state index in [0.29, 0.717) is 42.9 Å².